The van der Waals surface area contributed by atoms with Gasteiger partial charge in [-0.3, -0.25) is 0 Å². The zero-order chi connectivity index (χ0) is 17.2. The Bertz CT molecular complexity index is 921. The van der Waals surface area contributed by atoms with E-state index in [1.54, 1.807) is 17.8 Å². The van der Waals surface area contributed by atoms with E-state index in [1.807, 2.05) is 6.07 Å². The quantitative estimate of drug-likeness (QED) is 0.678. The number of carbonyl (C=O) groups excluding carboxylic acids is 1. The molecule has 0 saturated carbocycles. The minimum absolute atomic E-state index is 0.339. The summed E-state index contributed by atoms with van der Waals surface area (Å²) in [6.45, 7) is 2.01. The highest BCUT2D eigenvalue weighted by atomic mass is 16.5. The number of ether oxygens (including phenoxy) is 1. The Morgan fingerprint density at radius 3 is 3.12 bits per heavy atom. The molecule has 0 fully saturated rings. The van der Waals surface area contributed by atoms with Crippen LogP contribution in [0.3, 0.4) is 0 Å². The Morgan fingerprint density at radius 1 is 1.32 bits per heavy atom. The number of nitrogens with zero attached hydrogens (tertiary/aromatic N) is 5. The minimum atomic E-state index is -0.384. The summed E-state index contributed by atoms with van der Waals surface area (Å²) in [5, 5.41) is 7.86. The van der Waals surface area contributed by atoms with Crippen LogP contribution in [0.15, 0.2) is 36.5 Å². The normalized spacial score (nSPS) is 13.7. The maximum absolute atomic E-state index is 12.2. The summed E-state index contributed by atoms with van der Waals surface area (Å²) < 4.78 is 6.99. The number of para-hydroxylation sites is 1. The van der Waals surface area contributed by atoms with Gasteiger partial charge >= 0.3 is 5.97 Å². The summed E-state index contributed by atoms with van der Waals surface area (Å²) in [6.07, 6.45) is 3.73. The fraction of sp³-hybridized carbons (Fsp3) is 0.333. The monoisotopic (exact) mass is 337 g/mol. The number of anilines is 1. The number of fused-ring (bicyclic) bond motifs is 2. The summed E-state index contributed by atoms with van der Waals surface area (Å²) >= 11 is 0. The molecule has 0 amide bonds. The summed E-state index contributed by atoms with van der Waals surface area (Å²) in [4.78, 5) is 18.7. The van der Waals surface area contributed by atoms with E-state index < -0.39 is 0 Å². The second-order valence-corrected chi connectivity index (χ2v) is 6.14. The highest BCUT2D eigenvalue weighted by molar-refractivity contribution is 5.92. The van der Waals surface area contributed by atoms with Crippen LogP contribution in [-0.2, 0) is 18.2 Å². The topological polar surface area (TPSA) is 73.1 Å². The van der Waals surface area contributed by atoms with Crippen molar-refractivity contribution in [2.75, 3.05) is 24.6 Å². The molecule has 7 heteroatoms. The van der Waals surface area contributed by atoms with Gasteiger partial charge in [0.25, 0.3) is 0 Å². The van der Waals surface area contributed by atoms with Gasteiger partial charge in [0.2, 0.25) is 0 Å². The fourth-order valence-corrected chi connectivity index (χ4v) is 3.21. The van der Waals surface area contributed by atoms with Crippen LogP contribution >= 0.6 is 0 Å². The first-order valence-corrected chi connectivity index (χ1v) is 8.38. The zero-order valence-electron chi connectivity index (χ0n) is 14.1. The number of rotatable bonds is 4. The largest absolute Gasteiger partial charge is 0.460 e. The first kappa shape index (κ1) is 15.6. The van der Waals surface area contributed by atoms with Crippen molar-refractivity contribution in [3.05, 3.63) is 47.7 Å². The Balaban J connectivity index is 1.39. The number of esters is 1. The van der Waals surface area contributed by atoms with Crippen molar-refractivity contribution >= 4 is 22.8 Å². The maximum Gasteiger partial charge on any atom is 0.339 e. The molecule has 3 aromatic rings. The van der Waals surface area contributed by atoms with Gasteiger partial charge < -0.3 is 9.64 Å². The fourth-order valence-electron chi connectivity index (χ4n) is 3.21. The molecule has 25 heavy (non-hydrogen) atoms. The molecule has 3 heterocycles. The summed E-state index contributed by atoms with van der Waals surface area (Å²) in [7, 11) is 1.76. The molecule has 0 bridgehead atoms. The molecule has 0 atom stereocenters. The molecule has 0 aliphatic carbocycles. The number of aromatic nitrogens is 4. The molecule has 2 aromatic heterocycles. The average molecular weight is 337 g/mol. The van der Waals surface area contributed by atoms with E-state index in [9.17, 15) is 4.79 Å². The van der Waals surface area contributed by atoms with Crippen molar-refractivity contribution in [2.45, 2.75) is 12.8 Å². The van der Waals surface area contributed by atoms with E-state index >= 15 is 0 Å². The van der Waals surface area contributed by atoms with Crippen molar-refractivity contribution < 1.29 is 9.53 Å². The molecule has 4 rings (SSSR count). The van der Waals surface area contributed by atoms with Gasteiger partial charge in [-0.05, 0) is 30.5 Å². The minimum Gasteiger partial charge on any atom is -0.460 e. The molecule has 0 radical (unpaired) electrons. The van der Waals surface area contributed by atoms with Crippen LogP contribution in [0.25, 0.3) is 11.2 Å². The van der Waals surface area contributed by atoms with Gasteiger partial charge in [0.1, 0.15) is 12.1 Å². The van der Waals surface area contributed by atoms with Crippen LogP contribution in [0.4, 0.5) is 5.69 Å². The van der Waals surface area contributed by atoms with E-state index in [4.69, 9.17) is 4.74 Å². The lowest BCUT2D eigenvalue weighted by Gasteiger charge is -2.31. The molecule has 0 unspecified atom stereocenters. The van der Waals surface area contributed by atoms with Crippen molar-refractivity contribution in [1.82, 2.24) is 20.0 Å². The van der Waals surface area contributed by atoms with Gasteiger partial charge in [-0.2, -0.15) is 0 Å². The second kappa shape index (κ2) is 6.51. The third-order valence-electron chi connectivity index (χ3n) is 4.48. The Labute approximate surface area is 145 Å². The molecule has 7 nitrogen and oxygen atoms in total. The first-order chi connectivity index (χ1) is 12.2. The van der Waals surface area contributed by atoms with E-state index in [-0.39, 0.29) is 5.97 Å². The molecular formula is C18H19N5O2. The smallest absolute Gasteiger partial charge is 0.339 e. The molecule has 0 spiro atoms. The molecule has 1 aliphatic heterocycles. The zero-order valence-corrected chi connectivity index (χ0v) is 14.1. The second-order valence-electron chi connectivity index (χ2n) is 6.14. The number of benzene rings is 1. The summed E-state index contributed by atoms with van der Waals surface area (Å²) in [5.74, 6) is -0.384. The number of carbonyl (C=O) groups is 1. The Hall–Kier alpha value is -2.96. The van der Waals surface area contributed by atoms with Gasteiger partial charge in [0.05, 0.1) is 12.1 Å². The van der Waals surface area contributed by atoms with E-state index in [0.717, 1.165) is 19.4 Å². The first-order valence-electron chi connectivity index (χ1n) is 8.38. The predicted molar refractivity (Wildman–Crippen MR) is 93.6 cm³/mol. The van der Waals surface area contributed by atoms with Gasteiger partial charge in [0, 0.05) is 25.5 Å². The van der Waals surface area contributed by atoms with Crippen LogP contribution in [0, 0.1) is 0 Å². The van der Waals surface area contributed by atoms with Gasteiger partial charge in [-0.1, -0.05) is 23.4 Å². The number of pyridine rings is 1. The Morgan fingerprint density at radius 2 is 2.20 bits per heavy atom. The highest BCUT2D eigenvalue weighted by Crippen LogP contribution is 2.26. The number of hydrogen-bond donors (Lipinski definition) is 0. The average Bonchev–Trinajstić information content (AvgIpc) is 3.02. The van der Waals surface area contributed by atoms with Crippen molar-refractivity contribution in [2.24, 2.45) is 7.05 Å². The predicted octanol–water partition coefficient (Wildman–Crippen LogP) is 1.97. The summed E-state index contributed by atoms with van der Waals surface area (Å²) in [5.41, 5.74) is 4.22. The molecule has 1 aromatic carbocycles. The van der Waals surface area contributed by atoms with E-state index in [0.29, 0.717) is 29.9 Å². The molecular weight excluding hydrogens is 318 g/mol. The number of aryl methyl sites for hydroxylation is 2. The van der Waals surface area contributed by atoms with Crippen LogP contribution in [-0.4, -0.2) is 45.6 Å². The van der Waals surface area contributed by atoms with Crippen molar-refractivity contribution in [3.63, 3.8) is 0 Å². The standard InChI is InChI=1S/C18H19N5O2/c1-22-17-15(20-21-22)11-14(12-19-17)18(24)25-10-9-23-8-4-6-13-5-2-3-7-16(13)23/h2-3,5,7,11-12H,4,6,8-10H2,1H3. The Kier molecular flexibility index (Phi) is 4.05. The highest BCUT2D eigenvalue weighted by Gasteiger charge is 2.17. The van der Waals surface area contributed by atoms with Crippen molar-refractivity contribution in [1.29, 1.82) is 0 Å². The lowest BCUT2D eigenvalue weighted by molar-refractivity contribution is 0.0514. The van der Waals surface area contributed by atoms with Crippen LogP contribution in [0.1, 0.15) is 22.3 Å². The molecule has 0 saturated heterocycles. The summed E-state index contributed by atoms with van der Waals surface area (Å²) in [6, 6.07) is 10.1. The molecule has 1 aliphatic rings. The van der Waals surface area contributed by atoms with Crippen LogP contribution in [0.2, 0.25) is 0 Å². The van der Waals surface area contributed by atoms with E-state index in [1.165, 1.54) is 17.4 Å². The van der Waals surface area contributed by atoms with Gasteiger partial charge in [-0.25, -0.2) is 14.5 Å². The van der Waals surface area contributed by atoms with Gasteiger partial charge in [0.15, 0.2) is 5.65 Å². The maximum atomic E-state index is 12.2. The number of hydrogen-bond acceptors (Lipinski definition) is 6. The van der Waals surface area contributed by atoms with Crippen LogP contribution in [0.5, 0.6) is 0 Å². The van der Waals surface area contributed by atoms with Crippen molar-refractivity contribution in [3.8, 4) is 0 Å². The lowest BCUT2D eigenvalue weighted by Crippen LogP contribution is -2.33. The molecule has 128 valence electrons. The van der Waals surface area contributed by atoms with Crippen LogP contribution < -0.4 is 4.90 Å². The third kappa shape index (κ3) is 3.05. The van der Waals surface area contributed by atoms with E-state index in [2.05, 4.69) is 38.4 Å². The molecule has 0 N–H and O–H groups in total. The third-order valence-corrected chi connectivity index (χ3v) is 4.48. The lowest BCUT2D eigenvalue weighted by atomic mass is 10.0. The van der Waals surface area contributed by atoms with Gasteiger partial charge in [-0.15, -0.1) is 5.10 Å². The SMILES string of the molecule is Cn1nnc2cc(C(=O)OCCN3CCCc4ccccc43)cnc21.